The number of aromatic hydroxyl groups is 1. The normalized spacial score (nSPS) is 9.89. The first-order valence-corrected chi connectivity index (χ1v) is 5.15. The van der Waals surface area contributed by atoms with Crippen molar-refractivity contribution >= 4 is 17.7 Å². The molecule has 19 heavy (non-hydrogen) atoms. The van der Waals surface area contributed by atoms with Gasteiger partial charge in [0.2, 0.25) is 0 Å². The van der Waals surface area contributed by atoms with Gasteiger partial charge in [0.25, 0.3) is 5.95 Å². The summed E-state index contributed by atoms with van der Waals surface area (Å²) in [4.78, 5) is 22.1. The number of amides is 1. The van der Waals surface area contributed by atoms with Crippen LogP contribution in [0.1, 0.15) is 10.4 Å². The number of rotatable bonds is 3. The van der Waals surface area contributed by atoms with Crippen LogP contribution in [0.3, 0.4) is 0 Å². The molecule has 0 aliphatic heterocycles. The molecular formula is C12H9NO6. The van der Waals surface area contributed by atoms with Gasteiger partial charge in [-0.05, 0) is 18.2 Å². The molecule has 3 N–H and O–H groups in total. The van der Waals surface area contributed by atoms with Gasteiger partial charge in [-0.15, -0.1) is 0 Å². The number of ether oxygens (including phenoxy) is 1. The molecule has 0 atom stereocenters. The van der Waals surface area contributed by atoms with E-state index in [0.717, 1.165) is 6.07 Å². The minimum atomic E-state index is -1.26. The molecule has 0 bridgehead atoms. The maximum absolute atomic E-state index is 11.4. The lowest BCUT2D eigenvalue weighted by molar-refractivity contribution is 0.0693. The standard InChI is InChI=1S/C12H9NO6/c14-9-6-7(3-4-8(9)11(15)16)13-12(17)19-10-2-1-5-18-10/h1-6,14H,(H,13,17)(H,15,16). The molecule has 2 rings (SSSR count). The molecule has 98 valence electrons. The van der Waals surface area contributed by atoms with Crippen molar-refractivity contribution in [2.24, 2.45) is 0 Å². The highest BCUT2D eigenvalue weighted by Crippen LogP contribution is 2.22. The zero-order valence-electron chi connectivity index (χ0n) is 9.49. The van der Waals surface area contributed by atoms with Crippen LogP contribution in [0.4, 0.5) is 10.5 Å². The highest BCUT2D eigenvalue weighted by atomic mass is 16.6. The van der Waals surface area contributed by atoms with Gasteiger partial charge >= 0.3 is 12.1 Å². The summed E-state index contributed by atoms with van der Waals surface area (Å²) in [6.45, 7) is 0. The van der Waals surface area contributed by atoms with E-state index in [2.05, 4.69) is 5.32 Å². The molecule has 7 nitrogen and oxygen atoms in total. The number of hydrogen-bond acceptors (Lipinski definition) is 5. The summed E-state index contributed by atoms with van der Waals surface area (Å²) in [5.74, 6) is -1.70. The average Bonchev–Trinajstić information content (AvgIpc) is 2.81. The zero-order valence-corrected chi connectivity index (χ0v) is 9.49. The molecule has 1 heterocycles. The molecule has 0 saturated carbocycles. The Kier molecular flexibility index (Phi) is 3.37. The largest absolute Gasteiger partial charge is 0.507 e. The molecule has 7 heteroatoms. The van der Waals surface area contributed by atoms with E-state index >= 15 is 0 Å². The Morgan fingerprint density at radius 1 is 1.26 bits per heavy atom. The molecular weight excluding hydrogens is 254 g/mol. The fraction of sp³-hybridized carbons (Fsp3) is 0. The first kappa shape index (κ1) is 12.5. The van der Waals surface area contributed by atoms with Crippen molar-refractivity contribution in [2.45, 2.75) is 0 Å². The van der Waals surface area contributed by atoms with Gasteiger partial charge in [-0.3, -0.25) is 5.32 Å². The van der Waals surface area contributed by atoms with Crippen LogP contribution < -0.4 is 10.1 Å². The average molecular weight is 263 g/mol. The van der Waals surface area contributed by atoms with E-state index in [1.165, 1.54) is 24.5 Å². The third-order valence-electron chi connectivity index (χ3n) is 2.16. The second kappa shape index (κ2) is 5.13. The molecule has 2 aromatic rings. The van der Waals surface area contributed by atoms with Crippen molar-refractivity contribution in [2.75, 3.05) is 5.32 Å². The van der Waals surface area contributed by atoms with Gasteiger partial charge in [-0.1, -0.05) is 0 Å². The van der Waals surface area contributed by atoms with Gasteiger partial charge in [-0.25, -0.2) is 9.59 Å². The molecule has 1 aromatic carbocycles. The Hall–Kier alpha value is -2.96. The molecule has 0 fully saturated rings. The lowest BCUT2D eigenvalue weighted by Gasteiger charge is -2.06. The summed E-state index contributed by atoms with van der Waals surface area (Å²) < 4.78 is 9.57. The highest BCUT2D eigenvalue weighted by Gasteiger charge is 2.12. The van der Waals surface area contributed by atoms with Gasteiger partial charge in [0.05, 0.1) is 6.26 Å². The minimum absolute atomic E-state index is 0.0175. The van der Waals surface area contributed by atoms with E-state index in [4.69, 9.17) is 14.3 Å². The van der Waals surface area contributed by atoms with Gasteiger partial charge in [0.15, 0.2) is 0 Å². The summed E-state index contributed by atoms with van der Waals surface area (Å²) in [6, 6.07) is 6.60. The van der Waals surface area contributed by atoms with Gasteiger partial charge in [0.1, 0.15) is 11.3 Å². The van der Waals surface area contributed by atoms with Crippen LogP contribution in [-0.2, 0) is 0 Å². The first-order chi connectivity index (χ1) is 9.06. The lowest BCUT2D eigenvalue weighted by atomic mass is 10.2. The molecule has 0 aliphatic rings. The third-order valence-corrected chi connectivity index (χ3v) is 2.16. The predicted molar refractivity (Wildman–Crippen MR) is 63.4 cm³/mol. The maximum Gasteiger partial charge on any atom is 0.419 e. The van der Waals surface area contributed by atoms with E-state index < -0.39 is 17.8 Å². The number of nitrogens with one attached hydrogen (secondary N) is 1. The number of carboxylic acid groups (broad SMARTS) is 1. The van der Waals surface area contributed by atoms with Gasteiger partial charge in [-0.2, -0.15) is 0 Å². The highest BCUT2D eigenvalue weighted by molar-refractivity contribution is 5.93. The number of benzene rings is 1. The van der Waals surface area contributed by atoms with Crippen molar-refractivity contribution in [3.05, 3.63) is 42.2 Å². The molecule has 0 unspecified atom stereocenters. The summed E-state index contributed by atoms with van der Waals surface area (Å²) in [7, 11) is 0. The topological polar surface area (TPSA) is 109 Å². The second-order valence-electron chi connectivity index (χ2n) is 3.48. The Morgan fingerprint density at radius 3 is 2.63 bits per heavy atom. The summed E-state index contributed by atoms with van der Waals surface area (Å²) in [6.07, 6.45) is 0.522. The molecule has 1 aromatic heterocycles. The fourth-order valence-electron chi connectivity index (χ4n) is 1.35. The molecule has 0 radical (unpaired) electrons. The Bertz CT molecular complexity index is 605. The quantitative estimate of drug-likeness (QED) is 0.783. The molecule has 0 aliphatic carbocycles. The van der Waals surface area contributed by atoms with E-state index in [-0.39, 0.29) is 17.2 Å². The van der Waals surface area contributed by atoms with Gasteiger partial charge in [0, 0.05) is 17.8 Å². The predicted octanol–water partition coefficient (Wildman–Crippen LogP) is 2.29. The van der Waals surface area contributed by atoms with Crippen molar-refractivity contribution < 1.29 is 29.0 Å². The molecule has 1 amide bonds. The second-order valence-corrected chi connectivity index (χ2v) is 3.48. The summed E-state index contributed by atoms with van der Waals surface area (Å²) in [5, 5.41) is 20.5. The number of aromatic carboxylic acids is 1. The fourth-order valence-corrected chi connectivity index (χ4v) is 1.35. The Morgan fingerprint density at radius 2 is 2.05 bits per heavy atom. The number of phenols is 1. The van der Waals surface area contributed by atoms with Crippen molar-refractivity contribution in [1.82, 2.24) is 0 Å². The smallest absolute Gasteiger partial charge is 0.419 e. The van der Waals surface area contributed by atoms with Crippen LogP contribution in [0.2, 0.25) is 0 Å². The van der Waals surface area contributed by atoms with Crippen LogP contribution in [0.5, 0.6) is 11.7 Å². The number of furan rings is 1. The number of carbonyl (C=O) groups excluding carboxylic acids is 1. The van der Waals surface area contributed by atoms with E-state index in [0.29, 0.717) is 0 Å². The molecule has 0 saturated heterocycles. The number of anilines is 1. The van der Waals surface area contributed by atoms with E-state index in [1.807, 2.05) is 0 Å². The third kappa shape index (κ3) is 3.03. The van der Waals surface area contributed by atoms with Crippen LogP contribution in [0.25, 0.3) is 0 Å². The number of carboxylic acids is 1. The SMILES string of the molecule is O=C(Nc1ccc(C(=O)O)c(O)c1)Oc1ccco1. The van der Waals surface area contributed by atoms with Crippen LogP contribution in [0, 0.1) is 0 Å². The van der Waals surface area contributed by atoms with Crippen LogP contribution in [0.15, 0.2) is 41.0 Å². The minimum Gasteiger partial charge on any atom is -0.507 e. The summed E-state index contributed by atoms with van der Waals surface area (Å²) in [5.41, 5.74) is -0.0657. The van der Waals surface area contributed by atoms with Crippen molar-refractivity contribution in [3.63, 3.8) is 0 Å². The van der Waals surface area contributed by atoms with Crippen molar-refractivity contribution in [1.29, 1.82) is 0 Å². The van der Waals surface area contributed by atoms with Gasteiger partial charge < -0.3 is 19.4 Å². The molecule has 0 spiro atoms. The van der Waals surface area contributed by atoms with Crippen molar-refractivity contribution in [3.8, 4) is 11.7 Å². The Balaban J connectivity index is 2.05. The van der Waals surface area contributed by atoms with E-state index in [1.54, 1.807) is 6.07 Å². The lowest BCUT2D eigenvalue weighted by Crippen LogP contribution is -2.16. The first-order valence-electron chi connectivity index (χ1n) is 5.15. The van der Waals surface area contributed by atoms with Crippen LogP contribution in [-0.4, -0.2) is 22.3 Å². The monoisotopic (exact) mass is 263 g/mol. The summed E-state index contributed by atoms with van der Waals surface area (Å²) >= 11 is 0. The number of hydrogen-bond donors (Lipinski definition) is 3. The maximum atomic E-state index is 11.4. The zero-order chi connectivity index (χ0) is 13.8. The number of carbonyl (C=O) groups is 2. The van der Waals surface area contributed by atoms with E-state index in [9.17, 15) is 14.7 Å². The van der Waals surface area contributed by atoms with Crippen LogP contribution >= 0.6 is 0 Å². The Labute approximate surface area is 107 Å².